The summed E-state index contributed by atoms with van der Waals surface area (Å²) in [5, 5.41) is 4.90. The highest BCUT2D eigenvalue weighted by Crippen LogP contribution is 2.23. The molecule has 1 rings (SSSR count). The molecule has 1 aliphatic heterocycles. The number of thiol groups is 2. The summed E-state index contributed by atoms with van der Waals surface area (Å²) in [6, 6.07) is 0.376. The lowest BCUT2D eigenvalue weighted by Gasteiger charge is -2.14. The summed E-state index contributed by atoms with van der Waals surface area (Å²) in [5.74, 6) is 0.422. The Hall–Kier alpha value is 0.170. The van der Waals surface area contributed by atoms with Crippen LogP contribution in [0.5, 0.6) is 0 Å². The maximum Gasteiger partial charge on any atom is 0.0963 e. The summed E-state index contributed by atoms with van der Waals surface area (Å²) in [4.78, 5) is 0. The molecule has 0 saturated carbocycles. The molecule has 0 aromatic rings. The van der Waals surface area contributed by atoms with Crippen LogP contribution in [0.25, 0.3) is 0 Å². The fourth-order valence-corrected chi connectivity index (χ4v) is 1.38. The summed E-state index contributed by atoms with van der Waals surface area (Å²) in [7, 11) is 0. The average Bonchev–Trinajstić information content (AvgIpc) is 1.98. The van der Waals surface area contributed by atoms with E-state index in [9.17, 15) is 0 Å². The van der Waals surface area contributed by atoms with Crippen LogP contribution in [0.2, 0.25) is 0 Å². The van der Waals surface area contributed by atoms with Crippen molar-refractivity contribution in [3.05, 3.63) is 0 Å². The predicted octanol–water partition coefficient (Wildman–Crippen LogP) is 1.41. The zero-order valence-corrected chi connectivity index (χ0v) is 7.23. The number of hydrogen-bond donors (Lipinski definition) is 2. The SMILES string of the molecule is C[C@H]1C(S)=NN(S)[C@H]1C. The van der Waals surface area contributed by atoms with Gasteiger partial charge in [0.05, 0.1) is 11.1 Å². The topological polar surface area (TPSA) is 15.6 Å². The standard InChI is InChI=1S/C5H10N2S2/c1-3-4(2)7(9)6-5(3)8/h3-4,9H,1-2H3,(H,6,8)/t3-,4+/m1/s1. The molecule has 2 nitrogen and oxygen atoms in total. The molecule has 0 fully saturated rings. The Balaban J connectivity index is 2.70. The number of hydrazone groups is 1. The minimum Gasteiger partial charge on any atom is -0.238 e. The van der Waals surface area contributed by atoms with Crippen molar-refractivity contribution in [1.29, 1.82) is 0 Å². The van der Waals surface area contributed by atoms with E-state index in [0.717, 1.165) is 5.04 Å². The molecule has 0 spiro atoms. The van der Waals surface area contributed by atoms with E-state index in [1.807, 2.05) is 0 Å². The van der Waals surface area contributed by atoms with Crippen LogP contribution in [0.1, 0.15) is 13.8 Å². The first-order valence-corrected chi connectivity index (χ1v) is 3.73. The molecule has 0 N–H and O–H groups in total. The van der Waals surface area contributed by atoms with Crippen LogP contribution in [-0.4, -0.2) is 15.5 Å². The molecule has 0 saturated heterocycles. The minimum absolute atomic E-state index is 0.376. The van der Waals surface area contributed by atoms with E-state index in [4.69, 9.17) is 0 Å². The van der Waals surface area contributed by atoms with Gasteiger partial charge in [0.15, 0.2) is 0 Å². The Bertz CT molecular complexity index is 146. The van der Waals surface area contributed by atoms with Gasteiger partial charge >= 0.3 is 0 Å². The monoisotopic (exact) mass is 162 g/mol. The molecule has 0 bridgehead atoms. The summed E-state index contributed by atoms with van der Waals surface area (Å²) in [5.41, 5.74) is 0. The van der Waals surface area contributed by atoms with Gasteiger partial charge in [0, 0.05) is 5.92 Å². The summed E-state index contributed by atoms with van der Waals surface area (Å²) in [6.07, 6.45) is 0. The molecule has 52 valence electrons. The first-order valence-electron chi connectivity index (χ1n) is 2.88. The van der Waals surface area contributed by atoms with Crippen molar-refractivity contribution in [3.63, 3.8) is 0 Å². The largest absolute Gasteiger partial charge is 0.238 e. The molecule has 0 radical (unpaired) electrons. The number of rotatable bonds is 0. The Morgan fingerprint density at radius 1 is 1.56 bits per heavy atom. The molecule has 0 aromatic heterocycles. The van der Waals surface area contributed by atoms with E-state index < -0.39 is 0 Å². The Kier molecular flexibility index (Phi) is 1.96. The third-order valence-electron chi connectivity index (χ3n) is 1.70. The van der Waals surface area contributed by atoms with Crippen LogP contribution in [0.3, 0.4) is 0 Å². The molecule has 0 unspecified atom stereocenters. The zero-order chi connectivity index (χ0) is 7.02. The van der Waals surface area contributed by atoms with Crippen LogP contribution >= 0.6 is 25.4 Å². The minimum atomic E-state index is 0.376. The van der Waals surface area contributed by atoms with Gasteiger partial charge in [-0.2, -0.15) is 5.10 Å². The van der Waals surface area contributed by atoms with Crippen molar-refractivity contribution in [3.8, 4) is 0 Å². The predicted molar refractivity (Wildman–Crippen MR) is 45.9 cm³/mol. The van der Waals surface area contributed by atoms with Crippen molar-refractivity contribution in [1.82, 2.24) is 4.41 Å². The second-order valence-corrected chi connectivity index (χ2v) is 3.18. The average molecular weight is 162 g/mol. The summed E-state index contributed by atoms with van der Waals surface area (Å²) < 4.78 is 1.65. The maximum absolute atomic E-state index is 4.17. The van der Waals surface area contributed by atoms with Gasteiger partial charge in [0.2, 0.25) is 0 Å². The molecule has 1 heterocycles. The molecule has 0 aromatic carbocycles. The van der Waals surface area contributed by atoms with Crippen LogP contribution in [0.4, 0.5) is 0 Å². The molecule has 9 heavy (non-hydrogen) atoms. The van der Waals surface area contributed by atoms with Crippen LogP contribution in [0.15, 0.2) is 5.10 Å². The van der Waals surface area contributed by atoms with Crippen LogP contribution in [0, 0.1) is 5.92 Å². The molecule has 1 aliphatic rings. The number of nitrogens with zero attached hydrogens (tertiary/aromatic N) is 2. The first kappa shape index (κ1) is 7.28. The van der Waals surface area contributed by atoms with Crippen LogP contribution < -0.4 is 0 Å². The third-order valence-corrected chi connectivity index (χ3v) is 2.65. The van der Waals surface area contributed by atoms with Gasteiger partial charge in [0.1, 0.15) is 0 Å². The first-order chi connectivity index (χ1) is 4.13. The van der Waals surface area contributed by atoms with Crippen LogP contribution in [-0.2, 0) is 0 Å². The summed E-state index contributed by atoms with van der Waals surface area (Å²) >= 11 is 8.27. The van der Waals surface area contributed by atoms with E-state index in [-0.39, 0.29) is 0 Å². The fraction of sp³-hybridized carbons (Fsp3) is 0.800. The second-order valence-electron chi connectivity index (χ2n) is 2.31. The van der Waals surface area contributed by atoms with Gasteiger partial charge in [-0.25, -0.2) is 4.41 Å². The highest BCUT2D eigenvalue weighted by atomic mass is 32.1. The second kappa shape index (κ2) is 2.42. The van der Waals surface area contributed by atoms with E-state index >= 15 is 0 Å². The van der Waals surface area contributed by atoms with Crippen molar-refractivity contribution >= 4 is 30.5 Å². The van der Waals surface area contributed by atoms with Crippen molar-refractivity contribution in [2.24, 2.45) is 11.0 Å². The third kappa shape index (κ3) is 1.19. The Morgan fingerprint density at radius 3 is 2.22 bits per heavy atom. The van der Waals surface area contributed by atoms with E-state index in [1.165, 1.54) is 0 Å². The molecule has 4 heteroatoms. The lowest BCUT2D eigenvalue weighted by atomic mass is 10.1. The fourth-order valence-electron chi connectivity index (χ4n) is 0.703. The normalized spacial score (nSPS) is 35.1. The van der Waals surface area contributed by atoms with Crippen molar-refractivity contribution in [2.75, 3.05) is 0 Å². The highest BCUT2D eigenvalue weighted by Gasteiger charge is 2.26. The maximum atomic E-state index is 4.17. The lowest BCUT2D eigenvalue weighted by molar-refractivity contribution is 0.390. The van der Waals surface area contributed by atoms with Gasteiger partial charge in [0.25, 0.3) is 0 Å². The smallest absolute Gasteiger partial charge is 0.0963 e. The van der Waals surface area contributed by atoms with E-state index in [0.29, 0.717) is 12.0 Å². The molecule has 2 atom stereocenters. The zero-order valence-electron chi connectivity index (χ0n) is 5.44. The van der Waals surface area contributed by atoms with Gasteiger partial charge in [-0.3, -0.25) is 0 Å². The lowest BCUT2D eigenvalue weighted by Crippen LogP contribution is -2.21. The molecule has 0 amide bonds. The molecular formula is C5H10N2S2. The van der Waals surface area contributed by atoms with Crippen molar-refractivity contribution in [2.45, 2.75) is 19.9 Å². The molecule has 0 aliphatic carbocycles. The Labute approximate surface area is 66.3 Å². The quantitative estimate of drug-likeness (QED) is 0.515. The van der Waals surface area contributed by atoms with Gasteiger partial charge in [-0.1, -0.05) is 6.92 Å². The van der Waals surface area contributed by atoms with Gasteiger partial charge < -0.3 is 0 Å². The summed E-state index contributed by atoms with van der Waals surface area (Å²) in [6.45, 7) is 4.16. The van der Waals surface area contributed by atoms with E-state index in [2.05, 4.69) is 44.4 Å². The molecular weight excluding hydrogens is 152 g/mol. The number of hydrogen-bond acceptors (Lipinski definition) is 3. The Morgan fingerprint density at radius 2 is 2.11 bits per heavy atom. The van der Waals surface area contributed by atoms with Gasteiger partial charge in [-0.05, 0) is 19.7 Å². The highest BCUT2D eigenvalue weighted by molar-refractivity contribution is 7.97. The van der Waals surface area contributed by atoms with Gasteiger partial charge in [-0.15, -0.1) is 12.6 Å². The van der Waals surface area contributed by atoms with E-state index in [1.54, 1.807) is 4.41 Å². The van der Waals surface area contributed by atoms with Crippen molar-refractivity contribution < 1.29 is 0 Å².